The van der Waals surface area contributed by atoms with E-state index in [-0.39, 0.29) is 5.11 Å². The van der Waals surface area contributed by atoms with Gasteiger partial charge in [-0.1, -0.05) is 18.2 Å². The zero-order valence-corrected chi connectivity index (χ0v) is 10.4. The van der Waals surface area contributed by atoms with Crippen molar-refractivity contribution in [3.05, 3.63) is 36.0 Å². The molecule has 0 bridgehead atoms. The van der Waals surface area contributed by atoms with Gasteiger partial charge in [0.2, 0.25) is 0 Å². The SMILES string of the molecule is CCn1cc(/C=N/NC(N)=S)c2ccccc21. The van der Waals surface area contributed by atoms with E-state index in [4.69, 9.17) is 5.73 Å². The van der Waals surface area contributed by atoms with Gasteiger partial charge in [0.15, 0.2) is 5.11 Å². The summed E-state index contributed by atoms with van der Waals surface area (Å²) in [6.07, 6.45) is 3.79. The molecule has 88 valence electrons. The van der Waals surface area contributed by atoms with E-state index in [1.807, 2.05) is 12.1 Å². The number of hydrazone groups is 1. The molecule has 1 aromatic heterocycles. The first-order valence-corrected chi connectivity index (χ1v) is 5.79. The Morgan fingerprint density at radius 3 is 3.00 bits per heavy atom. The van der Waals surface area contributed by atoms with Crippen molar-refractivity contribution in [2.75, 3.05) is 0 Å². The molecule has 2 aromatic rings. The number of para-hydroxylation sites is 1. The fraction of sp³-hybridized carbons (Fsp3) is 0.167. The van der Waals surface area contributed by atoms with Crippen LogP contribution >= 0.6 is 12.2 Å². The number of rotatable bonds is 3. The quantitative estimate of drug-likeness (QED) is 0.493. The third-order valence-electron chi connectivity index (χ3n) is 2.54. The van der Waals surface area contributed by atoms with Crippen molar-refractivity contribution >= 4 is 34.4 Å². The van der Waals surface area contributed by atoms with E-state index < -0.39 is 0 Å². The molecule has 0 saturated carbocycles. The van der Waals surface area contributed by atoms with Crippen LogP contribution in [0.25, 0.3) is 10.9 Å². The van der Waals surface area contributed by atoms with Gasteiger partial charge in [-0.3, -0.25) is 5.43 Å². The van der Waals surface area contributed by atoms with Crippen LogP contribution in [0.1, 0.15) is 12.5 Å². The zero-order chi connectivity index (χ0) is 12.3. The van der Waals surface area contributed by atoms with Crippen LogP contribution in [-0.4, -0.2) is 15.9 Å². The Morgan fingerprint density at radius 2 is 2.29 bits per heavy atom. The van der Waals surface area contributed by atoms with Crippen molar-refractivity contribution in [2.24, 2.45) is 10.8 Å². The van der Waals surface area contributed by atoms with Gasteiger partial charge in [0, 0.05) is 29.2 Å². The lowest BCUT2D eigenvalue weighted by molar-refractivity contribution is 0.797. The Bertz CT molecular complexity index is 571. The molecule has 1 heterocycles. The van der Waals surface area contributed by atoms with E-state index in [1.165, 1.54) is 10.9 Å². The van der Waals surface area contributed by atoms with Crippen LogP contribution in [-0.2, 0) is 6.54 Å². The minimum absolute atomic E-state index is 0.167. The molecule has 4 nitrogen and oxygen atoms in total. The lowest BCUT2D eigenvalue weighted by Gasteiger charge is -1.97. The van der Waals surface area contributed by atoms with Crippen molar-refractivity contribution in [1.82, 2.24) is 9.99 Å². The molecule has 0 unspecified atom stereocenters. The highest BCUT2D eigenvalue weighted by molar-refractivity contribution is 7.80. The first-order chi connectivity index (χ1) is 8.22. The Balaban J connectivity index is 2.40. The van der Waals surface area contributed by atoms with Gasteiger partial charge in [-0.25, -0.2) is 0 Å². The maximum absolute atomic E-state index is 5.30. The van der Waals surface area contributed by atoms with Gasteiger partial charge in [0.25, 0.3) is 0 Å². The monoisotopic (exact) mass is 246 g/mol. The number of hydrogen-bond acceptors (Lipinski definition) is 2. The van der Waals surface area contributed by atoms with Crippen molar-refractivity contribution in [3.63, 3.8) is 0 Å². The zero-order valence-electron chi connectivity index (χ0n) is 9.55. The van der Waals surface area contributed by atoms with Gasteiger partial charge in [-0.15, -0.1) is 0 Å². The lowest BCUT2D eigenvalue weighted by Crippen LogP contribution is -2.23. The molecule has 1 aromatic carbocycles. The van der Waals surface area contributed by atoms with Crippen LogP contribution in [0.3, 0.4) is 0 Å². The van der Waals surface area contributed by atoms with E-state index >= 15 is 0 Å². The third-order valence-corrected chi connectivity index (χ3v) is 2.63. The lowest BCUT2D eigenvalue weighted by atomic mass is 10.2. The van der Waals surface area contributed by atoms with E-state index in [2.05, 4.69) is 52.6 Å². The summed E-state index contributed by atoms with van der Waals surface area (Å²) in [5.41, 5.74) is 10.1. The maximum Gasteiger partial charge on any atom is 0.184 e. The second-order valence-electron chi connectivity index (χ2n) is 3.62. The van der Waals surface area contributed by atoms with Gasteiger partial charge in [0.05, 0.1) is 6.21 Å². The van der Waals surface area contributed by atoms with Crippen LogP contribution in [0.4, 0.5) is 0 Å². The molecule has 3 N–H and O–H groups in total. The predicted molar refractivity (Wildman–Crippen MR) is 75.1 cm³/mol. The number of aromatic nitrogens is 1. The summed E-state index contributed by atoms with van der Waals surface area (Å²) in [6.45, 7) is 3.04. The summed E-state index contributed by atoms with van der Waals surface area (Å²) in [5, 5.41) is 5.32. The summed E-state index contributed by atoms with van der Waals surface area (Å²) in [5.74, 6) is 0. The molecule has 0 spiro atoms. The Morgan fingerprint density at radius 1 is 1.53 bits per heavy atom. The number of benzene rings is 1. The molecular formula is C12H14N4S. The molecular weight excluding hydrogens is 232 g/mol. The molecule has 2 rings (SSSR count). The largest absolute Gasteiger partial charge is 0.375 e. The molecule has 5 heteroatoms. The Hall–Kier alpha value is -1.88. The second kappa shape index (κ2) is 4.97. The number of thiocarbonyl (C=S) groups is 1. The Kier molecular flexibility index (Phi) is 3.39. The van der Waals surface area contributed by atoms with E-state index in [0.717, 1.165) is 12.1 Å². The molecule has 0 fully saturated rings. The predicted octanol–water partition coefficient (Wildman–Crippen LogP) is 1.83. The normalized spacial score (nSPS) is 11.1. The van der Waals surface area contributed by atoms with Crippen molar-refractivity contribution in [1.29, 1.82) is 0 Å². The van der Waals surface area contributed by atoms with Crippen molar-refractivity contribution < 1.29 is 0 Å². The van der Waals surface area contributed by atoms with Crippen molar-refractivity contribution in [2.45, 2.75) is 13.5 Å². The van der Waals surface area contributed by atoms with Crippen LogP contribution in [0, 0.1) is 0 Å². The van der Waals surface area contributed by atoms with E-state index in [1.54, 1.807) is 6.21 Å². The smallest absolute Gasteiger partial charge is 0.184 e. The fourth-order valence-electron chi connectivity index (χ4n) is 1.81. The third kappa shape index (κ3) is 2.45. The highest BCUT2D eigenvalue weighted by Crippen LogP contribution is 2.19. The molecule has 0 radical (unpaired) electrons. The van der Waals surface area contributed by atoms with E-state index in [9.17, 15) is 0 Å². The highest BCUT2D eigenvalue weighted by atomic mass is 32.1. The number of nitrogens with two attached hydrogens (primary N) is 1. The molecule has 0 aliphatic carbocycles. The molecule has 0 aliphatic heterocycles. The second-order valence-corrected chi connectivity index (χ2v) is 4.06. The standard InChI is InChI=1S/C12H14N4S/c1-2-16-8-9(7-14-15-12(13)17)10-5-3-4-6-11(10)16/h3-8H,2H2,1H3,(H3,13,15,17)/b14-7+. The minimum Gasteiger partial charge on any atom is -0.375 e. The fourth-order valence-corrected chi connectivity index (χ4v) is 1.86. The topological polar surface area (TPSA) is 55.3 Å². The van der Waals surface area contributed by atoms with Crippen molar-refractivity contribution in [3.8, 4) is 0 Å². The number of nitrogens with one attached hydrogen (secondary N) is 1. The van der Waals surface area contributed by atoms with Gasteiger partial charge >= 0.3 is 0 Å². The van der Waals surface area contributed by atoms with Gasteiger partial charge in [0.1, 0.15) is 0 Å². The average molecular weight is 246 g/mol. The van der Waals surface area contributed by atoms with Crippen LogP contribution < -0.4 is 11.2 Å². The maximum atomic E-state index is 5.30. The van der Waals surface area contributed by atoms with Crippen LogP contribution in [0.5, 0.6) is 0 Å². The number of hydrogen-bond donors (Lipinski definition) is 2. The summed E-state index contributed by atoms with van der Waals surface area (Å²) >= 11 is 4.68. The minimum atomic E-state index is 0.167. The average Bonchev–Trinajstić information content (AvgIpc) is 2.68. The molecule has 0 amide bonds. The summed E-state index contributed by atoms with van der Waals surface area (Å²) in [7, 11) is 0. The van der Waals surface area contributed by atoms with Gasteiger partial charge in [-0.2, -0.15) is 5.10 Å². The highest BCUT2D eigenvalue weighted by Gasteiger charge is 2.04. The first-order valence-electron chi connectivity index (χ1n) is 5.38. The molecule has 0 saturated heterocycles. The molecule has 17 heavy (non-hydrogen) atoms. The summed E-state index contributed by atoms with van der Waals surface area (Å²) < 4.78 is 2.18. The van der Waals surface area contributed by atoms with Gasteiger partial charge < -0.3 is 10.3 Å². The number of aryl methyl sites for hydroxylation is 1. The summed E-state index contributed by atoms with van der Waals surface area (Å²) in [6, 6.07) is 8.21. The van der Waals surface area contributed by atoms with Gasteiger partial charge in [-0.05, 0) is 25.2 Å². The Labute approximate surface area is 105 Å². The summed E-state index contributed by atoms with van der Waals surface area (Å²) in [4.78, 5) is 0. The molecule has 0 atom stereocenters. The number of nitrogens with zero attached hydrogens (tertiary/aromatic N) is 2. The molecule has 0 aliphatic rings. The van der Waals surface area contributed by atoms with Crippen LogP contribution in [0.2, 0.25) is 0 Å². The van der Waals surface area contributed by atoms with Crippen LogP contribution in [0.15, 0.2) is 35.6 Å². The van der Waals surface area contributed by atoms with E-state index in [0.29, 0.717) is 0 Å². The number of fused-ring (bicyclic) bond motifs is 1. The first kappa shape index (κ1) is 11.6.